The number of carbonyl (C=O) groups excluding carboxylic acids is 2. The first-order valence-electron chi connectivity index (χ1n) is 12.8. The fourth-order valence-electron chi connectivity index (χ4n) is 4.39. The number of hydrogen-bond acceptors (Lipinski definition) is 6. The highest BCUT2D eigenvalue weighted by atomic mass is 79.9. The summed E-state index contributed by atoms with van der Waals surface area (Å²) < 4.78 is 12.4. The SMILES string of the molecule is CCN(CC)CCN1C(=O)C(=O)/C(=C(/O)c2ccc(Br)cc2)C1c1ccc(OCCC(C)C)c(OC)c1. The molecule has 1 heterocycles. The lowest BCUT2D eigenvalue weighted by Crippen LogP contribution is -2.38. The second-order valence-electron chi connectivity index (χ2n) is 9.47. The smallest absolute Gasteiger partial charge is 0.295 e. The van der Waals surface area contributed by atoms with Gasteiger partial charge in [0.1, 0.15) is 5.76 Å². The molecule has 1 N–H and O–H groups in total. The van der Waals surface area contributed by atoms with Crippen LogP contribution in [0.1, 0.15) is 51.3 Å². The molecule has 0 bridgehead atoms. The molecule has 0 spiro atoms. The minimum Gasteiger partial charge on any atom is -0.507 e. The van der Waals surface area contributed by atoms with E-state index in [0.29, 0.717) is 48.2 Å². The van der Waals surface area contributed by atoms with Gasteiger partial charge in [-0.15, -0.1) is 0 Å². The molecule has 0 radical (unpaired) electrons. The number of Topliss-reactive ketones (excluding diaryl/α,β-unsaturated/α-hetero) is 1. The van der Waals surface area contributed by atoms with E-state index in [1.54, 1.807) is 48.4 Å². The first-order valence-corrected chi connectivity index (χ1v) is 13.6. The molecule has 0 aromatic heterocycles. The fraction of sp³-hybridized carbons (Fsp3) is 0.448. The summed E-state index contributed by atoms with van der Waals surface area (Å²) in [7, 11) is 1.56. The van der Waals surface area contributed by atoms with Crippen LogP contribution in [0.2, 0.25) is 0 Å². The highest BCUT2D eigenvalue weighted by molar-refractivity contribution is 9.10. The maximum absolute atomic E-state index is 13.3. The second-order valence-corrected chi connectivity index (χ2v) is 10.4. The van der Waals surface area contributed by atoms with E-state index in [1.165, 1.54) is 0 Å². The van der Waals surface area contributed by atoms with Crippen molar-refractivity contribution in [1.29, 1.82) is 0 Å². The predicted molar refractivity (Wildman–Crippen MR) is 149 cm³/mol. The van der Waals surface area contributed by atoms with Crippen molar-refractivity contribution in [2.75, 3.05) is 39.9 Å². The fourth-order valence-corrected chi connectivity index (χ4v) is 4.65. The van der Waals surface area contributed by atoms with Gasteiger partial charge in [-0.3, -0.25) is 9.59 Å². The molecule has 37 heavy (non-hydrogen) atoms. The Morgan fingerprint density at radius 2 is 1.76 bits per heavy atom. The Morgan fingerprint density at radius 3 is 2.35 bits per heavy atom. The minimum absolute atomic E-state index is 0.0717. The number of nitrogens with zero attached hydrogens (tertiary/aromatic N) is 2. The number of methoxy groups -OCH3 is 1. The Labute approximate surface area is 228 Å². The van der Waals surface area contributed by atoms with Crippen molar-refractivity contribution in [2.24, 2.45) is 5.92 Å². The molecule has 8 heteroatoms. The van der Waals surface area contributed by atoms with Crippen LogP contribution in [0.3, 0.4) is 0 Å². The minimum atomic E-state index is -0.752. The maximum atomic E-state index is 13.3. The quantitative estimate of drug-likeness (QED) is 0.201. The lowest BCUT2D eigenvalue weighted by molar-refractivity contribution is -0.140. The van der Waals surface area contributed by atoms with E-state index in [2.05, 4.69) is 48.5 Å². The van der Waals surface area contributed by atoms with E-state index in [1.807, 2.05) is 6.07 Å². The topological polar surface area (TPSA) is 79.3 Å². The number of benzene rings is 2. The van der Waals surface area contributed by atoms with Gasteiger partial charge in [0.15, 0.2) is 11.5 Å². The summed E-state index contributed by atoms with van der Waals surface area (Å²) in [6, 6.07) is 11.7. The van der Waals surface area contributed by atoms with Crippen LogP contribution < -0.4 is 9.47 Å². The summed E-state index contributed by atoms with van der Waals surface area (Å²) >= 11 is 3.40. The summed E-state index contributed by atoms with van der Waals surface area (Å²) in [5, 5.41) is 11.3. The maximum Gasteiger partial charge on any atom is 0.295 e. The van der Waals surface area contributed by atoms with Crippen molar-refractivity contribution in [3.8, 4) is 11.5 Å². The number of likely N-dealkylation sites (tertiary alicyclic amines) is 1. The molecule has 2 aromatic carbocycles. The van der Waals surface area contributed by atoms with E-state index >= 15 is 0 Å². The molecule has 1 unspecified atom stereocenters. The third-order valence-electron chi connectivity index (χ3n) is 6.67. The molecule has 1 atom stereocenters. The zero-order valence-corrected chi connectivity index (χ0v) is 23.9. The van der Waals surface area contributed by atoms with Gasteiger partial charge in [-0.1, -0.05) is 61.8 Å². The number of aliphatic hydroxyl groups excluding tert-OH is 1. The number of likely N-dealkylation sites (N-methyl/N-ethyl adjacent to an activating group) is 1. The van der Waals surface area contributed by atoms with Gasteiger partial charge < -0.3 is 24.4 Å². The highest BCUT2D eigenvalue weighted by Gasteiger charge is 2.46. The van der Waals surface area contributed by atoms with Crippen LogP contribution in [0.15, 0.2) is 52.5 Å². The Hall–Kier alpha value is -2.84. The molecule has 7 nitrogen and oxygen atoms in total. The van der Waals surface area contributed by atoms with Crippen LogP contribution in [0.25, 0.3) is 5.76 Å². The standard InChI is InChI=1S/C29H37BrN2O5/c1-6-31(7-2)15-16-32-26(21-10-13-23(24(18-21)36-5)37-17-14-19(3)4)25(28(34)29(32)35)27(33)20-8-11-22(30)12-9-20/h8-13,18-19,26,33H,6-7,14-17H2,1-5H3/b27-25+. The molecular weight excluding hydrogens is 536 g/mol. The Bertz CT molecular complexity index is 1130. The number of ketones is 1. The first-order chi connectivity index (χ1) is 17.7. The van der Waals surface area contributed by atoms with Crippen LogP contribution in [0.5, 0.6) is 11.5 Å². The van der Waals surface area contributed by atoms with Gasteiger partial charge in [-0.25, -0.2) is 0 Å². The number of amides is 1. The van der Waals surface area contributed by atoms with E-state index in [9.17, 15) is 14.7 Å². The summed E-state index contributed by atoms with van der Waals surface area (Å²) in [6.07, 6.45) is 0.906. The molecule has 200 valence electrons. The van der Waals surface area contributed by atoms with Crippen LogP contribution in [-0.2, 0) is 9.59 Å². The van der Waals surface area contributed by atoms with Gasteiger partial charge in [0.2, 0.25) is 0 Å². The predicted octanol–water partition coefficient (Wildman–Crippen LogP) is 5.65. The third-order valence-corrected chi connectivity index (χ3v) is 7.19. The van der Waals surface area contributed by atoms with Crippen molar-refractivity contribution in [3.05, 3.63) is 63.6 Å². The monoisotopic (exact) mass is 572 g/mol. The van der Waals surface area contributed by atoms with E-state index in [0.717, 1.165) is 24.0 Å². The third kappa shape index (κ3) is 6.73. The molecule has 3 rings (SSSR count). The number of aliphatic hydroxyl groups is 1. The van der Waals surface area contributed by atoms with Crippen molar-refractivity contribution in [1.82, 2.24) is 9.80 Å². The van der Waals surface area contributed by atoms with Crippen molar-refractivity contribution in [3.63, 3.8) is 0 Å². The number of hydrogen-bond donors (Lipinski definition) is 1. The molecule has 1 saturated heterocycles. The average molecular weight is 574 g/mol. The summed E-state index contributed by atoms with van der Waals surface area (Å²) in [6.45, 7) is 11.6. The van der Waals surface area contributed by atoms with Crippen molar-refractivity contribution < 1.29 is 24.2 Å². The van der Waals surface area contributed by atoms with Gasteiger partial charge >= 0.3 is 0 Å². The van der Waals surface area contributed by atoms with Crippen molar-refractivity contribution >= 4 is 33.4 Å². The number of ether oxygens (including phenoxy) is 2. The van der Waals surface area contributed by atoms with Crippen LogP contribution in [0.4, 0.5) is 0 Å². The van der Waals surface area contributed by atoms with Crippen LogP contribution in [-0.4, -0.2) is 66.5 Å². The Kier molecular flexibility index (Phi) is 10.2. The number of carbonyl (C=O) groups is 2. The number of halogens is 1. The molecular formula is C29H37BrN2O5. The van der Waals surface area contributed by atoms with Crippen molar-refractivity contribution in [2.45, 2.75) is 40.2 Å². The van der Waals surface area contributed by atoms with E-state index in [4.69, 9.17) is 9.47 Å². The molecule has 0 aliphatic carbocycles. The second kappa shape index (κ2) is 13.1. The molecule has 1 aliphatic heterocycles. The average Bonchev–Trinajstić information content (AvgIpc) is 3.14. The van der Waals surface area contributed by atoms with E-state index in [-0.39, 0.29) is 11.3 Å². The largest absolute Gasteiger partial charge is 0.507 e. The van der Waals surface area contributed by atoms with Gasteiger partial charge in [0.25, 0.3) is 11.7 Å². The molecule has 0 saturated carbocycles. The van der Waals surface area contributed by atoms with Gasteiger partial charge in [-0.2, -0.15) is 0 Å². The first kappa shape index (κ1) is 28.7. The Morgan fingerprint density at radius 1 is 1.08 bits per heavy atom. The lowest BCUT2D eigenvalue weighted by Gasteiger charge is -2.28. The van der Waals surface area contributed by atoms with Gasteiger partial charge in [-0.05, 0) is 55.3 Å². The lowest BCUT2D eigenvalue weighted by atomic mass is 9.95. The number of rotatable bonds is 12. The van der Waals surface area contributed by atoms with E-state index < -0.39 is 17.7 Å². The van der Waals surface area contributed by atoms with Gasteiger partial charge in [0, 0.05) is 23.1 Å². The zero-order chi connectivity index (χ0) is 27.1. The molecule has 1 fully saturated rings. The highest BCUT2D eigenvalue weighted by Crippen LogP contribution is 2.42. The van der Waals surface area contributed by atoms with Crippen LogP contribution >= 0.6 is 15.9 Å². The molecule has 1 aliphatic rings. The molecule has 2 aromatic rings. The van der Waals surface area contributed by atoms with Crippen LogP contribution in [0, 0.1) is 5.92 Å². The summed E-state index contributed by atoms with van der Waals surface area (Å²) in [4.78, 5) is 30.3. The van der Waals surface area contributed by atoms with Gasteiger partial charge in [0.05, 0.1) is 25.3 Å². The zero-order valence-electron chi connectivity index (χ0n) is 22.3. The summed E-state index contributed by atoms with van der Waals surface area (Å²) in [5.74, 6) is 0.110. The normalized spacial score (nSPS) is 17.2. The molecule has 1 amide bonds. The Balaban J connectivity index is 2.07. The summed E-state index contributed by atoms with van der Waals surface area (Å²) in [5.41, 5.74) is 1.21.